The smallest absolute Gasteiger partial charge is 0.294 e. The van der Waals surface area contributed by atoms with Crippen LogP contribution in [0.3, 0.4) is 0 Å². The Hall–Kier alpha value is -1.98. The summed E-state index contributed by atoms with van der Waals surface area (Å²) in [5.41, 5.74) is 3.47. The predicted octanol–water partition coefficient (Wildman–Crippen LogP) is 3.84. The third-order valence-electron chi connectivity index (χ3n) is 3.80. The Bertz CT molecular complexity index is 821. The van der Waals surface area contributed by atoms with Crippen LogP contribution in [0.4, 0.5) is 0 Å². The van der Waals surface area contributed by atoms with E-state index < -0.39 is 10.1 Å². The van der Waals surface area contributed by atoms with Crippen LogP contribution < -0.4 is 0 Å². The summed E-state index contributed by atoms with van der Waals surface area (Å²) in [6, 6.07) is 12.1. The highest BCUT2D eigenvalue weighted by molar-refractivity contribution is 7.86. The Morgan fingerprint density at radius 1 is 1.00 bits per heavy atom. The van der Waals surface area contributed by atoms with Gasteiger partial charge in [0.05, 0.1) is 11.5 Å². The van der Waals surface area contributed by atoms with Gasteiger partial charge in [-0.2, -0.15) is 8.42 Å². The molecule has 0 spiro atoms. The molecular weight excluding hydrogens is 324 g/mol. The highest BCUT2D eigenvalue weighted by Gasteiger charge is 2.16. The maximum absolute atomic E-state index is 12.2. The first-order valence-electron chi connectivity index (χ1n) is 7.92. The number of rotatable bonds is 7. The fourth-order valence-corrected chi connectivity index (χ4v) is 3.33. The quantitative estimate of drug-likeness (QED) is 0.564. The number of carbonyl (C=O) groups excluding carboxylic acids is 1. The summed E-state index contributed by atoms with van der Waals surface area (Å²) in [5, 5.41) is 0. The molecule has 0 radical (unpaired) electrons. The Morgan fingerprint density at radius 3 is 2.25 bits per heavy atom. The molecule has 0 aliphatic heterocycles. The molecular formula is C19H22O4S. The van der Waals surface area contributed by atoms with Gasteiger partial charge in [0.2, 0.25) is 0 Å². The largest absolute Gasteiger partial charge is 0.296 e. The molecule has 2 rings (SSSR count). The maximum atomic E-state index is 12.2. The average Bonchev–Trinajstić information content (AvgIpc) is 2.54. The number of aryl methyl sites for hydroxylation is 2. The van der Waals surface area contributed by atoms with Crippen molar-refractivity contribution in [1.29, 1.82) is 0 Å². The molecule has 0 heterocycles. The van der Waals surface area contributed by atoms with Crippen LogP contribution >= 0.6 is 0 Å². The Kier molecular flexibility index (Phi) is 5.91. The lowest BCUT2D eigenvalue weighted by Crippen LogP contribution is -2.11. The molecule has 5 heteroatoms. The standard InChI is InChI=1S/C19H22O4S/c1-4-19(20)18-10-7-15(3)13-16(18)11-12-23-24(21,22)17-8-5-14(2)6-9-17/h5-10,13H,4,11-12H2,1-3H3. The van der Waals surface area contributed by atoms with Crippen molar-refractivity contribution in [1.82, 2.24) is 0 Å². The number of hydrogen-bond acceptors (Lipinski definition) is 4. The first-order chi connectivity index (χ1) is 11.3. The average molecular weight is 346 g/mol. The second kappa shape index (κ2) is 7.73. The van der Waals surface area contributed by atoms with Gasteiger partial charge in [-0.15, -0.1) is 0 Å². The Balaban J connectivity index is 2.10. The van der Waals surface area contributed by atoms with Crippen LogP contribution in [0.15, 0.2) is 47.4 Å². The van der Waals surface area contributed by atoms with E-state index in [-0.39, 0.29) is 17.3 Å². The minimum atomic E-state index is -3.78. The molecule has 0 unspecified atom stereocenters. The summed E-state index contributed by atoms with van der Waals surface area (Å²) >= 11 is 0. The van der Waals surface area contributed by atoms with E-state index in [0.717, 1.165) is 16.7 Å². The fourth-order valence-electron chi connectivity index (χ4n) is 2.43. The van der Waals surface area contributed by atoms with Crippen molar-refractivity contribution in [3.8, 4) is 0 Å². The van der Waals surface area contributed by atoms with Crippen LogP contribution in [0, 0.1) is 13.8 Å². The van der Waals surface area contributed by atoms with Gasteiger partial charge < -0.3 is 0 Å². The van der Waals surface area contributed by atoms with Crippen LogP contribution in [-0.2, 0) is 20.7 Å². The van der Waals surface area contributed by atoms with Gasteiger partial charge in [0, 0.05) is 12.0 Å². The van der Waals surface area contributed by atoms with Gasteiger partial charge in [0.1, 0.15) is 0 Å². The van der Waals surface area contributed by atoms with Gasteiger partial charge in [-0.25, -0.2) is 0 Å². The van der Waals surface area contributed by atoms with Gasteiger partial charge in [-0.3, -0.25) is 8.98 Å². The normalized spacial score (nSPS) is 11.5. The molecule has 0 bridgehead atoms. The molecule has 2 aromatic carbocycles. The van der Waals surface area contributed by atoms with E-state index in [2.05, 4.69) is 0 Å². The highest BCUT2D eigenvalue weighted by atomic mass is 32.2. The van der Waals surface area contributed by atoms with E-state index in [0.29, 0.717) is 18.4 Å². The Labute approximate surface area is 143 Å². The van der Waals surface area contributed by atoms with Gasteiger partial charge in [-0.1, -0.05) is 48.4 Å². The summed E-state index contributed by atoms with van der Waals surface area (Å²) in [5.74, 6) is 0.0476. The lowest BCUT2D eigenvalue weighted by molar-refractivity contribution is 0.0987. The van der Waals surface area contributed by atoms with Crippen molar-refractivity contribution >= 4 is 15.9 Å². The van der Waals surface area contributed by atoms with Crippen molar-refractivity contribution < 1.29 is 17.4 Å². The van der Waals surface area contributed by atoms with Crippen LogP contribution in [-0.4, -0.2) is 20.8 Å². The zero-order valence-electron chi connectivity index (χ0n) is 14.2. The highest BCUT2D eigenvalue weighted by Crippen LogP contribution is 2.17. The van der Waals surface area contributed by atoms with E-state index in [1.54, 1.807) is 18.2 Å². The van der Waals surface area contributed by atoms with Crippen LogP contribution in [0.2, 0.25) is 0 Å². The maximum Gasteiger partial charge on any atom is 0.296 e. The molecule has 0 aromatic heterocycles. The first kappa shape index (κ1) is 18.4. The van der Waals surface area contributed by atoms with Crippen molar-refractivity contribution in [2.75, 3.05) is 6.61 Å². The number of benzene rings is 2. The number of hydrogen-bond donors (Lipinski definition) is 0. The number of carbonyl (C=O) groups is 1. The van der Waals surface area contributed by atoms with E-state index in [4.69, 9.17) is 4.18 Å². The molecule has 0 aliphatic carbocycles. The fraction of sp³-hybridized carbons (Fsp3) is 0.316. The predicted molar refractivity (Wildman–Crippen MR) is 93.8 cm³/mol. The minimum absolute atomic E-state index is 0.00363. The molecule has 0 aliphatic rings. The molecule has 2 aromatic rings. The molecule has 24 heavy (non-hydrogen) atoms. The minimum Gasteiger partial charge on any atom is -0.294 e. The summed E-state index contributed by atoms with van der Waals surface area (Å²) < 4.78 is 29.5. The topological polar surface area (TPSA) is 60.4 Å². The van der Waals surface area contributed by atoms with Crippen LogP contribution in [0.25, 0.3) is 0 Å². The third-order valence-corrected chi connectivity index (χ3v) is 5.13. The lowest BCUT2D eigenvalue weighted by atomic mass is 9.98. The Morgan fingerprint density at radius 2 is 1.62 bits per heavy atom. The molecule has 0 N–H and O–H groups in total. The first-order valence-corrected chi connectivity index (χ1v) is 9.33. The molecule has 0 fully saturated rings. The summed E-state index contributed by atoms with van der Waals surface area (Å²) in [7, 11) is -3.78. The molecule has 0 amide bonds. The second-order valence-electron chi connectivity index (χ2n) is 5.78. The lowest BCUT2D eigenvalue weighted by Gasteiger charge is -2.10. The van der Waals surface area contributed by atoms with Crippen LogP contribution in [0.1, 0.15) is 40.4 Å². The van der Waals surface area contributed by atoms with E-state index >= 15 is 0 Å². The summed E-state index contributed by atoms with van der Waals surface area (Å²) in [4.78, 5) is 12.1. The number of ketones is 1. The van der Waals surface area contributed by atoms with E-state index in [1.807, 2.05) is 32.9 Å². The van der Waals surface area contributed by atoms with Crippen molar-refractivity contribution in [2.24, 2.45) is 0 Å². The van der Waals surface area contributed by atoms with E-state index in [1.165, 1.54) is 12.1 Å². The molecule has 128 valence electrons. The molecule has 0 atom stereocenters. The zero-order valence-corrected chi connectivity index (χ0v) is 15.0. The third kappa shape index (κ3) is 4.52. The number of Topliss-reactive ketones (excluding diaryl/α,β-unsaturated/α-hetero) is 1. The van der Waals surface area contributed by atoms with Gasteiger partial charge in [0.15, 0.2) is 5.78 Å². The summed E-state index contributed by atoms with van der Waals surface area (Å²) in [6.07, 6.45) is 0.784. The van der Waals surface area contributed by atoms with E-state index in [9.17, 15) is 13.2 Å². The monoisotopic (exact) mass is 346 g/mol. The van der Waals surface area contributed by atoms with Crippen molar-refractivity contribution in [3.63, 3.8) is 0 Å². The second-order valence-corrected chi connectivity index (χ2v) is 7.39. The zero-order chi connectivity index (χ0) is 17.7. The van der Waals surface area contributed by atoms with Crippen LogP contribution in [0.5, 0.6) is 0 Å². The van der Waals surface area contributed by atoms with Gasteiger partial charge >= 0.3 is 0 Å². The van der Waals surface area contributed by atoms with Crippen molar-refractivity contribution in [2.45, 2.75) is 38.5 Å². The van der Waals surface area contributed by atoms with Crippen molar-refractivity contribution in [3.05, 3.63) is 64.7 Å². The molecule has 0 saturated carbocycles. The summed E-state index contributed by atoms with van der Waals surface area (Å²) in [6.45, 7) is 5.64. The SMILES string of the molecule is CCC(=O)c1ccc(C)cc1CCOS(=O)(=O)c1ccc(C)cc1. The van der Waals surface area contributed by atoms with Gasteiger partial charge in [0.25, 0.3) is 10.1 Å². The molecule has 4 nitrogen and oxygen atoms in total. The molecule has 0 saturated heterocycles. The van der Waals surface area contributed by atoms with Gasteiger partial charge in [-0.05, 0) is 38.0 Å².